The first kappa shape index (κ1) is 15.0. The number of carbonyl (C=O) groups excluding carboxylic acids is 1. The lowest BCUT2D eigenvalue weighted by Crippen LogP contribution is -2.29. The van der Waals surface area contributed by atoms with Gasteiger partial charge in [0, 0.05) is 12.2 Å². The van der Waals surface area contributed by atoms with E-state index in [0.29, 0.717) is 12.2 Å². The Labute approximate surface area is 124 Å². The van der Waals surface area contributed by atoms with E-state index >= 15 is 0 Å². The quantitative estimate of drug-likeness (QED) is 0.886. The van der Waals surface area contributed by atoms with Crippen molar-refractivity contribution in [3.05, 3.63) is 65.0 Å². The Morgan fingerprint density at radius 3 is 2.62 bits per heavy atom. The second-order valence-corrected chi connectivity index (χ2v) is 5.02. The molecular weight excluding hydrogens is 267 g/mol. The van der Waals surface area contributed by atoms with Crippen LogP contribution >= 0.6 is 0 Å². The number of hydrogen-bond acceptors (Lipinski definition) is 2. The highest BCUT2D eigenvalue weighted by atomic mass is 19.1. The SMILES string of the molecule is Cc1ccccc1CNC(=O)CNc1cc(F)ccc1C. The van der Waals surface area contributed by atoms with Gasteiger partial charge in [0.2, 0.25) is 5.91 Å². The van der Waals surface area contributed by atoms with Crippen LogP contribution < -0.4 is 10.6 Å². The largest absolute Gasteiger partial charge is 0.376 e. The highest BCUT2D eigenvalue weighted by molar-refractivity contribution is 5.80. The number of hydrogen-bond donors (Lipinski definition) is 2. The summed E-state index contributed by atoms with van der Waals surface area (Å²) in [5, 5.41) is 5.80. The van der Waals surface area contributed by atoms with Crippen LogP contribution in [0.5, 0.6) is 0 Å². The number of rotatable bonds is 5. The summed E-state index contributed by atoms with van der Waals surface area (Å²) in [5.41, 5.74) is 3.78. The predicted molar refractivity (Wildman–Crippen MR) is 82.7 cm³/mol. The van der Waals surface area contributed by atoms with Gasteiger partial charge in [-0.2, -0.15) is 0 Å². The summed E-state index contributed by atoms with van der Waals surface area (Å²) in [4.78, 5) is 11.8. The number of halogens is 1. The molecule has 0 bridgehead atoms. The van der Waals surface area contributed by atoms with Gasteiger partial charge < -0.3 is 10.6 Å². The van der Waals surface area contributed by atoms with Gasteiger partial charge >= 0.3 is 0 Å². The van der Waals surface area contributed by atoms with Crippen LogP contribution in [0.3, 0.4) is 0 Å². The van der Waals surface area contributed by atoms with Crippen molar-refractivity contribution in [3.8, 4) is 0 Å². The first-order chi connectivity index (χ1) is 10.1. The molecule has 1 amide bonds. The maximum Gasteiger partial charge on any atom is 0.239 e. The molecule has 0 radical (unpaired) electrons. The van der Waals surface area contributed by atoms with Gasteiger partial charge in [-0.15, -0.1) is 0 Å². The second kappa shape index (κ2) is 6.88. The van der Waals surface area contributed by atoms with Crippen LogP contribution in [0.15, 0.2) is 42.5 Å². The molecule has 0 unspecified atom stereocenters. The minimum atomic E-state index is -0.316. The molecule has 0 saturated carbocycles. The number of amides is 1. The van der Waals surface area contributed by atoms with Crippen molar-refractivity contribution in [2.75, 3.05) is 11.9 Å². The molecule has 0 aliphatic heterocycles. The van der Waals surface area contributed by atoms with E-state index < -0.39 is 0 Å². The van der Waals surface area contributed by atoms with Crippen LogP contribution in [-0.2, 0) is 11.3 Å². The zero-order chi connectivity index (χ0) is 15.2. The molecule has 0 fully saturated rings. The van der Waals surface area contributed by atoms with E-state index in [-0.39, 0.29) is 18.3 Å². The number of carbonyl (C=O) groups is 1. The van der Waals surface area contributed by atoms with E-state index in [2.05, 4.69) is 10.6 Å². The average Bonchev–Trinajstić information content (AvgIpc) is 2.47. The molecule has 110 valence electrons. The fourth-order valence-corrected chi connectivity index (χ4v) is 2.02. The summed E-state index contributed by atoms with van der Waals surface area (Å²) in [5.74, 6) is -0.440. The Kier molecular flexibility index (Phi) is 4.93. The Morgan fingerprint density at radius 1 is 1.10 bits per heavy atom. The van der Waals surface area contributed by atoms with E-state index in [1.807, 2.05) is 38.1 Å². The molecule has 21 heavy (non-hydrogen) atoms. The molecule has 0 aromatic heterocycles. The molecule has 0 heterocycles. The second-order valence-electron chi connectivity index (χ2n) is 5.02. The average molecular weight is 286 g/mol. The van der Waals surface area contributed by atoms with Crippen LogP contribution in [0.2, 0.25) is 0 Å². The molecule has 0 aliphatic rings. The van der Waals surface area contributed by atoms with Crippen LogP contribution in [0.4, 0.5) is 10.1 Å². The van der Waals surface area contributed by atoms with E-state index in [9.17, 15) is 9.18 Å². The van der Waals surface area contributed by atoms with Gasteiger partial charge in [-0.05, 0) is 42.7 Å². The van der Waals surface area contributed by atoms with Crippen molar-refractivity contribution < 1.29 is 9.18 Å². The molecule has 4 heteroatoms. The lowest BCUT2D eigenvalue weighted by atomic mass is 10.1. The highest BCUT2D eigenvalue weighted by Gasteiger charge is 2.05. The first-order valence-corrected chi connectivity index (χ1v) is 6.87. The van der Waals surface area contributed by atoms with Crippen molar-refractivity contribution in [2.24, 2.45) is 0 Å². The smallest absolute Gasteiger partial charge is 0.239 e. The van der Waals surface area contributed by atoms with Gasteiger partial charge in [0.25, 0.3) is 0 Å². The third kappa shape index (κ3) is 4.31. The van der Waals surface area contributed by atoms with E-state index in [1.54, 1.807) is 6.07 Å². The summed E-state index contributed by atoms with van der Waals surface area (Å²) in [6, 6.07) is 12.4. The first-order valence-electron chi connectivity index (χ1n) is 6.87. The third-order valence-electron chi connectivity index (χ3n) is 3.38. The third-order valence-corrected chi connectivity index (χ3v) is 3.38. The molecule has 2 aromatic rings. The predicted octanol–water partition coefficient (Wildman–Crippen LogP) is 3.17. The lowest BCUT2D eigenvalue weighted by molar-refractivity contribution is -0.119. The lowest BCUT2D eigenvalue weighted by Gasteiger charge is -2.11. The summed E-state index contributed by atoms with van der Waals surface area (Å²) in [7, 11) is 0. The number of aryl methyl sites for hydroxylation is 2. The Balaban J connectivity index is 1.85. The van der Waals surface area contributed by atoms with Crippen LogP contribution in [0.1, 0.15) is 16.7 Å². The molecule has 2 N–H and O–H groups in total. The molecule has 0 aliphatic carbocycles. The summed E-state index contributed by atoms with van der Waals surface area (Å²) in [6.07, 6.45) is 0. The van der Waals surface area contributed by atoms with Crippen LogP contribution in [-0.4, -0.2) is 12.5 Å². The minimum absolute atomic E-state index is 0.121. The van der Waals surface area contributed by atoms with Gasteiger partial charge in [0.1, 0.15) is 5.82 Å². The Hall–Kier alpha value is -2.36. The number of benzene rings is 2. The van der Waals surface area contributed by atoms with E-state index in [1.165, 1.54) is 12.1 Å². The van der Waals surface area contributed by atoms with Gasteiger partial charge in [-0.25, -0.2) is 4.39 Å². The summed E-state index contributed by atoms with van der Waals surface area (Å²) in [6.45, 7) is 4.49. The van der Waals surface area contributed by atoms with Gasteiger partial charge in [0.05, 0.1) is 6.54 Å². The van der Waals surface area contributed by atoms with Crippen molar-refractivity contribution in [3.63, 3.8) is 0 Å². The molecule has 2 aromatic carbocycles. The van der Waals surface area contributed by atoms with Crippen molar-refractivity contribution in [1.82, 2.24) is 5.32 Å². The summed E-state index contributed by atoms with van der Waals surface area (Å²) < 4.78 is 13.1. The zero-order valence-corrected chi connectivity index (χ0v) is 12.2. The fourth-order valence-electron chi connectivity index (χ4n) is 2.02. The van der Waals surface area contributed by atoms with Gasteiger partial charge in [-0.3, -0.25) is 4.79 Å². The molecular formula is C17H19FN2O. The molecule has 3 nitrogen and oxygen atoms in total. The van der Waals surface area contributed by atoms with Crippen molar-refractivity contribution in [1.29, 1.82) is 0 Å². The van der Waals surface area contributed by atoms with Crippen LogP contribution in [0.25, 0.3) is 0 Å². The topological polar surface area (TPSA) is 41.1 Å². The maximum atomic E-state index is 13.1. The molecule has 0 atom stereocenters. The zero-order valence-electron chi connectivity index (χ0n) is 12.2. The fraction of sp³-hybridized carbons (Fsp3) is 0.235. The monoisotopic (exact) mass is 286 g/mol. The maximum absolute atomic E-state index is 13.1. The highest BCUT2D eigenvalue weighted by Crippen LogP contribution is 2.15. The number of nitrogens with one attached hydrogen (secondary N) is 2. The number of anilines is 1. The molecule has 0 spiro atoms. The molecule has 0 saturated heterocycles. The van der Waals surface area contributed by atoms with Crippen LogP contribution in [0, 0.1) is 19.7 Å². The van der Waals surface area contributed by atoms with Gasteiger partial charge in [-0.1, -0.05) is 30.3 Å². The Morgan fingerprint density at radius 2 is 1.86 bits per heavy atom. The Bertz CT molecular complexity index is 640. The van der Waals surface area contributed by atoms with Crippen molar-refractivity contribution in [2.45, 2.75) is 20.4 Å². The molecule has 2 rings (SSSR count). The van der Waals surface area contributed by atoms with E-state index in [0.717, 1.165) is 16.7 Å². The van der Waals surface area contributed by atoms with E-state index in [4.69, 9.17) is 0 Å². The normalized spacial score (nSPS) is 10.2. The van der Waals surface area contributed by atoms with Gasteiger partial charge in [0.15, 0.2) is 0 Å². The summed E-state index contributed by atoms with van der Waals surface area (Å²) >= 11 is 0. The minimum Gasteiger partial charge on any atom is -0.376 e. The van der Waals surface area contributed by atoms with Crippen molar-refractivity contribution >= 4 is 11.6 Å². The standard InChI is InChI=1S/C17H19FN2O/c1-12-5-3-4-6-14(12)10-20-17(21)11-19-16-9-15(18)8-7-13(16)2/h3-9,19H,10-11H2,1-2H3,(H,20,21).